The number of benzene rings is 10. The van der Waals surface area contributed by atoms with Crippen LogP contribution < -0.4 is 4.90 Å². The van der Waals surface area contributed by atoms with Gasteiger partial charge in [-0.05, 0) is 99.4 Å². The summed E-state index contributed by atoms with van der Waals surface area (Å²) in [5.74, 6) is 0. The number of anilines is 3. The zero-order valence-electron chi connectivity index (χ0n) is 39.5. The van der Waals surface area contributed by atoms with E-state index in [4.69, 9.17) is 4.42 Å². The Labute approximate surface area is 352 Å². The van der Waals surface area contributed by atoms with E-state index in [0.29, 0.717) is 33.4 Å². The van der Waals surface area contributed by atoms with E-state index in [1.807, 2.05) is 152 Å². The third-order valence-corrected chi connectivity index (χ3v) is 11.4. The number of rotatable bonds is 6. The Bertz CT molecular complexity index is 3950. The van der Waals surface area contributed by atoms with Crippen molar-refractivity contribution in [1.29, 1.82) is 0 Å². The van der Waals surface area contributed by atoms with Crippen molar-refractivity contribution in [3.8, 4) is 27.9 Å². The second-order valence-electron chi connectivity index (χ2n) is 14.6. The Balaban J connectivity index is 1.16. The summed E-state index contributed by atoms with van der Waals surface area (Å²) in [6, 6.07) is 50.5. The van der Waals surface area contributed by atoms with E-state index in [0.717, 1.165) is 54.2 Å². The average Bonchev–Trinajstić information content (AvgIpc) is 3.91. The van der Waals surface area contributed by atoms with Gasteiger partial charge in [0.15, 0.2) is 0 Å². The molecule has 276 valence electrons. The molecule has 0 radical (unpaired) electrons. The minimum Gasteiger partial charge on any atom is -0.455 e. The number of hydrogen-bond acceptors (Lipinski definition) is 2. The van der Waals surface area contributed by atoms with Gasteiger partial charge in [-0.3, -0.25) is 0 Å². The molecule has 0 unspecified atom stereocenters. The van der Waals surface area contributed by atoms with Gasteiger partial charge < -0.3 is 13.9 Å². The van der Waals surface area contributed by atoms with Gasteiger partial charge >= 0.3 is 0 Å². The number of aromatic nitrogens is 1. The minimum atomic E-state index is -0.426. The number of para-hydroxylation sites is 4. The summed E-state index contributed by atoms with van der Waals surface area (Å²) < 4.78 is 86.5. The van der Waals surface area contributed by atoms with Gasteiger partial charge in [-0.1, -0.05) is 152 Å². The zero-order chi connectivity index (χ0) is 45.8. The molecule has 0 amide bonds. The topological polar surface area (TPSA) is 21.3 Å². The molecule has 3 heteroatoms. The molecule has 3 nitrogen and oxygen atoms in total. The first-order valence-electron chi connectivity index (χ1n) is 23.5. The Kier molecular flexibility index (Phi) is 5.92. The third-order valence-electron chi connectivity index (χ3n) is 11.4. The molecular formula is C56H36N2O. The molecule has 0 aliphatic rings. The van der Waals surface area contributed by atoms with Crippen molar-refractivity contribution < 1.29 is 15.4 Å². The number of nitrogens with zero attached hydrogens (tertiary/aromatic N) is 2. The van der Waals surface area contributed by atoms with Crippen molar-refractivity contribution in [3.63, 3.8) is 0 Å². The van der Waals surface area contributed by atoms with Crippen LogP contribution in [0.5, 0.6) is 0 Å². The van der Waals surface area contributed by atoms with Crippen LogP contribution in [0.3, 0.4) is 0 Å². The monoisotopic (exact) mass is 760 g/mol. The fraction of sp³-hybridized carbons (Fsp3) is 0. The lowest BCUT2D eigenvalue weighted by Gasteiger charge is -2.28. The van der Waals surface area contributed by atoms with Crippen LogP contribution in [0, 0.1) is 0 Å². The first kappa shape index (κ1) is 26.1. The molecular weight excluding hydrogens is 717 g/mol. The second-order valence-corrected chi connectivity index (χ2v) is 14.6. The van der Waals surface area contributed by atoms with Crippen molar-refractivity contribution in [1.82, 2.24) is 4.57 Å². The SMILES string of the molecule is [2H]c1c([2H])c(N(c2ccccc2-c2cccc3c2ccc2c4ccccc4oc32)c2c([2H])c([2H])c(-n3c4ccccc4c4ccccc43)c([2H])c2[2H])c([2H])c([2H])c1-c1cccc2ccccc12. The molecule has 0 saturated carbocycles. The van der Waals surface area contributed by atoms with Crippen molar-refractivity contribution in [2.75, 3.05) is 4.90 Å². The summed E-state index contributed by atoms with van der Waals surface area (Å²) in [7, 11) is 0. The van der Waals surface area contributed by atoms with Crippen LogP contribution >= 0.6 is 0 Å². The molecule has 0 saturated heterocycles. The summed E-state index contributed by atoms with van der Waals surface area (Å²) in [4.78, 5) is 1.40. The van der Waals surface area contributed by atoms with Crippen molar-refractivity contribution in [2.45, 2.75) is 0 Å². The molecule has 0 N–H and O–H groups in total. The highest BCUT2D eigenvalue weighted by molar-refractivity contribution is 6.18. The molecule has 59 heavy (non-hydrogen) atoms. The predicted molar refractivity (Wildman–Crippen MR) is 249 cm³/mol. The van der Waals surface area contributed by atoms with Crippen LogP contribution in [0.4, 0.5) is 17.1 Å². The lowest BCUT2D eigenvalue weighted by atomic mass is 9.94. The molecule has 0 atom stereocenters. The number of furan rings is 1. The second kappa shape index (κ2) is 13.4. The first-order chi connectivity index (χ1) is 32.6. The maximum Gasteiger partial charge on any atom is 0.143 e. The maximum absolute atomic E-state index is 9.91. The molecule has 12 aromatic rings. The van der Waals surface area contributed by atoms with Crippen LogP contribution in [-0.4, -0.2) is 4.57 Å². The summed E-state index contributed by atoms with van der Waals surface area (Å²) in [6.45, 7) is 0. The van der Waals surface area contributed by atoms with Crippen molar-refractivity contribution in [3.05, 3.63) is 218 Å². The van der Waals surface area contributed by atoms with E-state index in [-0.39, 0.29) is 46.8 Å². The molecule has 0 fully saturated rings. The van der Waals surface area contributed by atoms with E-state index in [1.165, 1.54) is 4.90 Å². The molecule has 12 rings (SSSR count). The van der Waals surface area contributed by atoms with Crippen LogP contribution in [-0.2, 0) is 0 Å². The molecule has 2 aromatic heterocycles. The van der Waals surface area contributed by atoms with Gasteiger partial charge in [-0.2, -0.15) is 0 Å². The lowest BCUT2D eigenvalue weighted by molar-refractivity contribution is 0.672. The van der Waals surface area contributed by atoms with Crippen LogP contribution in [0.2, 0.25) is 0 Å². The molecule has 0 spiro atoms. The highest BCUT2D eigenvalue weighted by Gasteiger charge is 2.21. The zero-order valence-corrected chi connectivity index (χ0v) is 31.5. The highest BCUT2D eigenvalue weighted by Crippen LogP contribution is 2.45. The Morgan fingerprint density at radius 1 is 0.390 bits per heavy atom. The summed E-state index contributed by atoms with van der Waals surface area (Å²) >= 11 is 0. The third kappa shape index (κ3) is 5.29. The molecule has 10 aromatic carbocycles. The fourth-order valence-corrected chi connectivity index (χ4v) is 8.71. The highest BCUT2D eigenvalue weighted by atomic mass is 16.3. The quantitative estimate of drug-likeness (QED) is 0.168. The largest absolute Gasteiger partial charge is 0.455 e. The van der Waals surface area contributed by atoms with Gasteiger partial charge in [-0.15, -0.1) is 0 Å². The number of hydrogen-bond donors (Lipinski definition) is 0. The minimum absolute atomic E-state index is 0.0409. The predicted octanol–water partition coefficient (Wildman–Crippen LogP) is 15.8. The Morgan fingerprint density at radius 3 is 1.69 bits per heavy atom. The van der Waals surface area contributed by atoms with Gasteiger partial charge in [0.25, 0.3) is 0 Å². The van der Waals surface area contributed by atoms with Gasteiger partial charge in [0.05, 0.1) is 27.7 Å². The normalized spacial score (nSPS) is 13.6. The van der Waals surface area contributed by atoms with Gasteiger partial charge in [0, 0.05) is 49.6 Å². The molecule has 0 aliphatic heterocycles. The molecule has 0 aliphatic carbocycles. The van der Waals surface area contributed by atoms with E-state index in [2.05, 4.69) is 0 Å². The Hall–Kier alpha value is -7.88. The molecule has 0 bridgehead atoms. The van der Waals surface area contributed by atoms with E-state index < -0.39 is 24.2 Å². The van der Waals surface area contributed by atoms with E-state index >= 15 is 0 Å². The maximum atomic E-state index is 9.91. The standard InChI is InChI=1S/C56H36N2O/c1-2-15-42-37(13-1)14-11-20-43(42)38-27-29-39(30-28-38)57(40-31-33-41(34-32-40)58-53-24-8-4-17-47(53)48-18-5-9-25-54(48)58)52-23-7-3-16-46(52)44-21-12-22-50-45(44)35-36-51-49-19-6-10-26-55(49)59-56(50)51/h1-36H/i27D,28D,29D,30D,31D,32D,33D,34D. The number of fused-ring (bicyclic) bond motifs is 9. The Morgan fingerprint density at radius 2 is 0.915 bits per heavy atom. The summed E-state index contributed by atoms with van der Waals surface area (Å²) in [5.41, 5.74) is 4.74. The summed E-state index contributed by atoms with van der Waals surface area (Å²) in [6.07, 6.45) is 0. The van der Waals surface area contributed by atoms with Crippen molar-refractivity contribution in [2.24, 2.45) is 0 Å². The van der Waals surface area contributed by atoms with Crippen LogP contribution in [0.25, 0.3) is 93.2 Å². The van der Waals surface area contributed by atoms with Crippen LogP contribution in [0.1, 0.15) is 11.0 Å². The summed E-state index contributed by atoms with van der Waals surface area (Å²) in [5, 5.41) is 7.02. The van der Waals surface area contributed by atoms with Gasteiger partial charge in [0.1, 0.15) is 11.2 Å². The van der Waals surface area contributed by atoms with Gasteiger partial charge in [0.2, 0.25) is 0 Å². The fourth-order valence-electron chi connectivity index (χ4n) is 8.71. The van der Waals surface area contributed by atoms with Gasteiger partial charge in [-0.25, -0.2) is 0 Å². The van der Waals surface area contributed by atoms with E-state index in [1.54, 1.807) is 22.8 Å². The van der Waals surface area contributed by atoms with Crippen LogP contribution in [0.15, 0.2) is 223 Å². The lowest BCUT2D eigenvalue weighted by Crippen LogP contribution is -2.11. The smallest absolute Gasteiger partial charge is 0.143 e. The molecule has 2 heterocycles. The average molecular weight is 761 g/mol. The van der Waals surface area contributed by atoms with E-state index in [9.17, 15) is 11.0 Å². The first-order valence-corrected chi connectivity index (χ1v) is 19.5. The van der Waals surface area contributed by atoms with Crippen molar-refractivity contribution >= 4 is 82.4 Å².